The number of carbonyl (C=O) groups is 1. The molecule has 14 heavy (non-hydrogen) atoms. The second kappa shape index (κ2) is 4.62. The SMILES string of the molecule is Cc1ccc(OCCN)cc1C(=O)O. The first kappa shape index (κ1) is 10.5. The molecule has 0 aromatic heterocycles. The largest absolute Gasteiger partial charge is 0.492 e. The molecule has 1 aromatic carbocycles. The predicted molar refractivity (Wildman–Crippen MR) is 52.7 cm³/mol. The Morgan fingerprint density at radius 2 is 2.29 bits per heavy atom. The number of hydrogen-bond acceptors (Lipinski definition) is 3. The number of aromatic carboxylic acids is 1. The van der Waals surface area contributed by atoms with Crippen molar-refractivity contribution in [3.8, 4) is 5.75 Å². The molecule has 76 valence electrons. The minimum absolute atomic E-state index is 0.263. The summed E-state index contributed by atoms with van der Waals surface area (Å²) in [5.41, 5.74) is 6.25. The molecule has 0 aliphatic carbocycles. The molecular weight excluding hydrogens is 182 g/mol. The molecule has 0 aliphatic rings. The van der Waals surface area contributed by atoms with E-state index in [4.69, 9.17) is 15.6 Å². The van der Waals surface area contributed by atoms with Gasteiger partial charge in [-0.3, -0.25) is 0 Å². The van der Waals surface area contributed by atoms with Crippen LogP contribution in [0.4, 0.5) is 0 Å². The van der Waals surface area contributed by atoms with E-state index in [2.05, 4.69) is 0 Å². The Hall–Kier alpha value is -1.55. The van der Waals surface area contributed by atoms with Crippen LogP contribution >= 0.6 is 0 Å². The van der Waals surface area contributed by atoms with E-state index in [0.717, 1.165) is 5.56 Å². The predicted octanol–water partition coefficient (Wildman–Crippen LogP) is 1.03. The van der Waals surface area contributed by atoms with Crippen LogP contribution in [0.1, 0.15) is 15.9 Å². The number of carboxylic acids is 1. The minimum Gasteiger partial charge on any atom is -0.492 e. The molecule has 0 bridgehead atoms. The van der Waals surface area contributed by atoms with Crippen LogP contribution in [-0.2, 0) is 0 Å². The fourth-order valence-corrected chi connectivity index (χ4v) is 1.10. The average Bonchev–Trinajstić information content (AvgIpc) is 2.16. The molecule has 0 saturated heterocycles. The van der Waals surface area contributed by atoms with E-state index >= 15 is 0 Å². The minimum atomic E-state index is -0.944. The lowest BCUT2D eigenvalue weighted by Crippen LogP contribution is -2.11. The van der Waals surface area contributed by atoms with Gasteiger partial charge in [-0.2, -0.15) is 0 Å². The number of benzene rings is 1. The van der Waals surface area contributed by atoms with Crippen molar-refractivity contribution >= 4 is 5.97 Å². The van der Waals surface area contributed by atoms with Crippen LogP contribution in [0.25, 0.3) is 0 Å². The third kappa shape index (κ3) is 2.47. The van der Waals surface area contributed by atoms with Crippen LogP contribution < -0.4 is 10.5 Å². The summed E-state index contributed by atoms with van der Waals surface area (Å²) in [5.74, 6) is -0.404. The number of nitrogens with two attached hydrogens (primary N) is 1. The van der Waals surface area contributed by atoms with Crippen molar-refractivity contribution in [1.29, 1.82) is 0 Å². The zero-order valence-electron chi connectivity index (χ0n) is 7.99. The van der Waals surface area contributed by atoms with Crippen LogP contribution in [0.5, 0.6) is 5.75 Å². The van der Waals surface area contributed by atoms with Crippen molar-refractivity contribution < 1.29 is 14.6 Å². The average molecular weight is 195 g/mol. The summed E-state index contributed by atoms with van der Waals surface area (Å²) in [7, 11) is 0. The normalized spacial score (nSPS) is 9.86. The van der Waals surface area contributed by atoms with Gasteiger partial charge in [0.05, 0.1) is 5.56 Å². The van der Waals surface area contributed by atoms with Crippen LogP contribution in [0.3, 0.4) is 0 Å². The summed E-state index contributed by atoms with van der Waals surface area (Å²) in [6, 6.07) is 4.96. The van der Waals surface area contributed by atoms with Crippen LogP contribution in [-0.4, -0.2) is 24.2 Å². The molecule has 0 spiro atoms. The van der Waals surface area contributed by atoms with Crippen molar-refractivity contribution in [2.24, 2.45) is 5.73 Å². The number of hydrogen-bond donors (Lipinski definition) is 2. The maximum absolute atomic E-state index is 10.8. The van der Waals surface area contributed by atoms with Crippen LogP contribution in [0.2, 0.25) is 0 Å². The fraction of sp³-hybridized carbons (Fsp3) is 0.300. The molecule has 3 N–H and O–H groups in total. The standard InChI is InChI=1S/C10H13NO3/c1-7-2-3-8(14-5-4-11)6-9(7)10(12)13/h2-3,6H,4-5,11H2,1H3,(H,12,13). The van der Waals surface area contributed by atoms with E-state index in [9.17, 15) is 4.79 Å². The summed E-state index contributed by atoms with van der Waals surface area (Å²) >= 11 is 0. The first-order valence-electron chi connectivity index (χ1n) is 4.32. The quantitative estimate of drug-likeness (QED) is 0.752. The lowest BCUT2D eigenvalue weighted by molar-refractivity contribution is 0.0695. The highest BCUT2D eigenvalue weighted by Crippen LogP contribution is 2.17. The van der Waals surface area contributed by atoms with E-state index in [-0.39, 0.29) is 5.56 Å². The lowest BCUT2D eigenvalue weighted by Gasteiger charge is -2.06. The molecule has 1 aromatic rings. The van der Waals surface area contributed by atoms with Crippen molar-refractivity contribution in [2.75, 3.05) is 13.2 Å². The molecule has 0 heterocycles. The van der Waals surface area contributed by atoms with Gasteiger partial charge in [-0.15, -0.1) is 0 Å². The number of carboxylic acid groups (broad SMARTS) is 1. The van der Waals surface area contributed by atoms with Crippen LogP contribution in [0, 0.1) is 6.92 Å². The monoisotopic (exact) mass is 195 g/mol. The highest BCUT2D eigenvalue weighted by molar-refractivity contribution is 5.89. The fourth-order valence-electron chi connectivity index (χ4n) is 1.10. The number of ether oxygens (including phenoxy) is 1. The van der Waals surface area contributed by atoms with Gasteiger partial charge in [-0.25, -0.2) is 4.79 Å². The zero-order valence-corrected chi connectivity index (χ0v) is 7.99. The third-order valence-electron chi connectivity index (χ3n) is 1.83. The summed E-state index contributed by atoms with van der Waals surface area (Å²) in [6.45, 7) is 2.55. The molecule has 0 unspecified atom stereocenters. The van der Waals surface area contributed by atoms with Crippen molar-refractivity contribution in [3.05, 3.63) is 29.3 Å². The number of rotatable bonds is 4. The Labute approximate surface area is 82.3 Å². The van der Waals surface area contributed by atoms with Gasteiger partial charge < -0.3 is 15.6 Å². The molecule has 4 nitrogen and oxygen atoms in total. The number of aryl methyl sites for hydroxylation is 1. The second-order valence-electron chi connectivity index (χ2n) is 2.92. The molecule has 0 fully saturated rings. The van der Waals surface area contributed by atoms with Gasteiger partial charge in [0, 0.05) is 6.54 Å². The van der Waals surface area contributed by atoms with Gasteiger partial charge in [0.1, 0.15) is 12.4 Å². The molecule has 1 rings (SSSR count). The highest BCUT2D eigenvalue weighted by atomic mass is 16.5. The van der Waals surface area contributed by atoms with Gasteiger partial charge in [-0.1, -0.05) is 6.07 Å². The molecule has 0 radical (unpaired) electrons. The highest BCUT2D eigenvalue weighted by Gasteiger charge is 2.07. The van der Waals surface area contributed by atoms with Crippen molar-refractivity contribution in [2.45, 2.75) is 6.92 Å². The Balaban J connectivity index is 2.89. The van der Waals surface area contributed by atoms with Gasteiger partial charge >= 0.3 is 5.97 Å². The van der Waals surface area contributed by atoms with Gasteiger partial charge in [0.25, 0.3) is 0 Å². The van der Waals surface area contributed by atoms with Gasteiger partial charge in [-0.05, 0) is 24.6 Å². The second-order valence-corrected chi connectivity index (χ2v) is 2.92. The van der Waals surface area contributed by atoms with E-state index in [1.54, 1.807) is 19.1 Å². The zero-order chi connectivity index (χ0) is 10.6. The van der Waals surface area contributed by atoms with Crippen LogP contribution in [0.15, 0.2) is 18.2 Å². The Bertz CT molecular complexity index is 336. The Morgan fingerprint density at radius 3 is 2.86 bits per heavy atom. The summed E-state index contributed by atoms with van der Waals surface area (Å²) in [5, 5.41) is 8.84. The lowest BCUT2D eigenvalue weighted by atomic mass is 10.1. The van der Waals surface area contributed by atoms with E-state index in [1.807, 2.05) is 0 Å². The van der Waals surface area contributed by atoms with Gasteiger partial charge in [0.15, 0.2) is 0 Å². The summed E-state index contributed by atoms with van der Waals surface area (Å²) in [6.07, 6.45) is 0. The van der Waals surface area contributed by atoms with Gasteiger partial charge in [0.2, 0.25) is 0 Å². The first-order valence-corrected chi connectivity index (χ1v) is 4.32. The van der Waals surface area contributed by atoms with Crippen molar-refractivity contribution in [3.63, 3.8) is 0 Å². The molecule has 0 saturated carbocycles. The summed E-state index contributed by atoms with van der Waals surface area (Å²) < 4.78 is 5.21. The Kier molecular flexibility index (Phi) is 3.48. The molecular formula is C10H13NO3. The Morgan fingerprint density at radius 1 is 1.57 bits per heavy atom. The smallest absolute Gasteiger partial charge is 0.336 e. The maximum Gasteiger partial charge on any atom is 0.336 e. The maximum atomic E-state index is 10.8. The van der Waals surface area contributed by atoms with Crippen molar-refractivity contribution in [1.82, 2.24) is 0 Å². The first-order chi connectivity index (χ1) is 6.65. The molecule has 0 amide bonds. The third-order valence-corrected chi connectivity index (χ3v) is 1.83. The molecule has 0 atom stereocenters. The topological polar surface area (TPSA) is 72.5 Å². The molecule has 0 aliphatic heterocycles. The van der Waals surface area contributed by atoms with E-state index in [0.29, 0.717) is 18.9 Å². The summed E-state index contributed by atoms with van der Waals surface area (Å²) in [4.78, 5) is 10.8. The van der Waals surface area contributed by atoms with E-state index in [1.165, 1.54) is 6.07 Å². The molecule has 4 heteroatoms. The van der Waals surface area contributed by atoms with E-state index < -0.39 is 5.97 Å².